The van der Waals surface area contributed by atoms with Crippen molar-refractivity contribution in [1.82, 2.24) is 4.90 Å². The van der Waals surface area contributed by atoms with Crippen LogP contribution in [-0.4, -0.2) is 29.9 Å². The Labute approximate surface area is 109 Å². The second-order valence-corrected chi connectivity index (χ2v) is 5.15. The van der Waals surface area contributed by atoms with Crippen molar-refractivity contribution >= 4 is 5.91 Å². The van der Waals surface area contributed by atoms with Gasteiger partial charge in [0.05, 0.1) is 0 Å². The van der Waals surface area contributed by atoms with Crippen LogP contribution in [0.2, 0.25) is 0 Å². The van der Waals surface area contributed by atoms with E-state index in [1.165, 1.54) is 25.8 Å². The first-order valence-electron chi connectivity index (χ1n) is 6.80. The van der Waals surface area contributed by atoms with Crippen molar-refractivity contribution in [2.75, 3.05) is 13.1 Å². The van der Waals surface area contributed by atoms with E-state index >= 15 is 0 Å². The molecule has 1 aromatic carbocycles. The van der Waals surface area contributed by atoms with E-state index in [1.54, 1.807) is 0 Å². The van der Waals surface area contributed by atoms with Gasteiger partial charge >= 0.3 is 0 Å². The number of carbonyl (C=O) groups excluding carboxylic acids is 1. The summed E-state index contributed by atoms with van der Waals surface area (Å²) in [5, 5.41) is 0. The molecule has 1 atom stereocenters. The van der Waals surface area contributed by atoms with Gasteiger partial charge in [0.2, 0.25) is 5.91 Å². The number of carbonyl (C=O) groups is 1. The number of nitrogens with zero attached hydrogens (tertiary/aromatic N) is 1. The van der Waals surface area contributed by atoms with Crippen LogP contribution in [0.1, 0.15) is 42.1 Å². The van der Waals surface area contributed by atoms with Crippen LogP contribution in [0.3, 0.4) is 0 Å². The lowest BCUT2D eigenvalue weighted by molar-refractivity contribution is 0.0999. The third kappa shape index (κ3) is 3.10. The van der Waals surface area contributed by atoms with Crippen LogP contribution in [0.4, 0.5) is 0 Å². The highest BCUT2D eigenvalue weighted by Gasteiger charge is 2.18. The van der Waals surface area contributed by atoms with Gasteiger partial charge in [-0.05, 0) is 44.4 Å². The fourth-order valence-electron chi connectivity index (χ4n) is 2.73. The van der Waals surface area contributed by atoms with Crippen molar-refractivity contribution in [3.05, 3.63) is 35.4 Å². The number of likely N-dealkylation sites (tertiary alicyclic amines) is 1. The minimum absolute atomic E-state index is 0.322. The molecule has 1 amide bonds. The van der Waals surface area contributed by atoms with E-state index in [1.807, 2.05) is 24.3 Å². The molecule has 0 aliphatic carbocycles. The van der Waals surface area contributed by atoms with Crippen molar-refractivity contribution in [1.29, 1.82) is 0 Å². The minimum Gasteiger partial charge on any atom is -0.366 e. The smallest absolute Gasteiger partial charge is 0.248 e. The first-order chi connectivity index (χ1) is 8.68. The zero-order valence-corrected chi connectivity index (χ0v) is 11.1. The van der Waals surface area contributed by atoms with E-state index in [-0.39, 0.29) is 5.91 Å². The van der Waals surface area contributed by atoms with Crippen molar-refractivity contribution in [2.45, 2.75) is 38.6 Å². The summed E-state index contributed by atoms with van der Waals surface area (Å²) in [6.07, 6.45) is 4.83. The molecule has 0 radical (unpaired) electrons. The molecule has 1 unspecified atom stereocenters. The average molecular weight is 246 g/mol. The van der Waals surface area contributed by atoms with Crippen molar-refractivity contribution in [3.63, 3.8) is 0 Å². The zero-order chi connectivity index (χ0) is 13.0. The van der Waals surface area contributed by atoms with Crippen LogP contribution in [0.15, 0.2) is 24.3 Å². The topological polar surface area (TPSA) is 46.3 Å². The van der Waals surface area contributed by atoms with Gasteiger partial charge in [0.1, 0.15) is 0 Å². The van der Waals surface area contributed by atoms with E-state index in [0.717, 1.165) is 18.5 Å². The molecule has 2 N–H and O–H groups in total. The SMILES string of the molecule is CC1CCCCN1CCc1ccccc1C(N)=O. The maximum Gasteiger partial charge on any atom is 0.248 e. The van der Waals surface area contributed by atoms with E-state index in [2.05, 4.69) is 11.8 Å². The number of amides is 1. The first kappa shape index (κ1) is 13.1. The number of benzene rings is 1. The number of hydrogen-bond acceptors (Lipinski definition) is 2. The molecule has 2 rings (SSSR count). The average Bonchev–Trinajstić information content (AvgIpc) is 2.38. The fraction of sp³-hybridized carbons (Fsp3) is 0.533. The van der Waals surface area contributed by atoms with E-state index in [0.29, 0.717) is 11.6 Å². The molecule has 1 saturated heterocycles. The van der Waals surface area contributed by atoms with Crippen LogP contribution in [0, 0.1) is 0 Å². The van der Waals surface area contributed by atoms with E-state index in [9.17, 15) is 4.79 Å². The Morgan fingerprint density at radius 1 is 1.39 bits per heavy atom. The van der Waals surface area contributed by atoms with Crippen molar-refractivity contribution < 1.29 is 4.79 Å². The molecule has 18 heavy (non-hydrogen) atoms. The molecular formula is C15H22N2O. The summed E-state index contributed by atoms with van der Waals surface area (Å²) in [7, 11) is 0. The molecule has 1 fully saturated rings. The van der Waals surface area contributed by atoms with Crippen LogP contribution >= 0.6 is 0 Å². The molecule has 3 nitrogen and oxygen atoms in total. The summed E-state index contributed by atoms with van der Waals surface area (Å²) in [4.78, 5) is 13.9. The Morgan fingerprint density at radius 3 is 2.89 bits per heavy atom. The van der Waals surface area contributed by atoms with Gasteiger partial charge < -0.3 is 10.6 Å². The summed E-state index contributed by atoms with van der Waals surface area (Å²) in [5.74, 6) is -0.322. The van der Waals surface area contributed by atoms with Crippen LogP contribution in [0.25, 0.3) is 0 Å². The van der Waals surface area contributed by atoms with Gasteiger partial charge in [0.15, 0.2) is 0 Å². The van der Waals surface area contributed by atoms with Gasteiger partial charge in [-0.3, -0.25) is 4.79 Å². The zero-order valence-electron chi connectivity index (χ0n) is 11.1. The quantitative estimate of drug-likeness (QED) is 0.885. The van der Waals surface area contributed by atoms with Crippen molar-refractivity contribution in [2.24, 2.45) is 5.73 Å². The Balaban J connectivity index is 1.99. The molecule has 3 heteroatoms. The molecule has 0 saturated carbocycles. The van der Waals surface area contributed by atoms with Gasteiger partial charge in [-0.25, -0.2) is 0 Å². The largest absolute Gasteiger partial charge is 0.366 e. The third-order valence-corrected chi connectivity index (χ3v) is 3.89. The molecule has 98 valence electrons. The Bertz CT molecular complexity index is 417. The highest BCUT2D eigenvalue weighted by molar-refractivity contribution is 5.94. The first-order valence-corrected chi connectivity index (χ1v) is 6.80. The van der Waals surface area contributed by atoms with Gasteiger partial charge in [-0.2, -0.15) is 0 Å². The normalized spacial score (nSPS) is 20.8. The molecule has 1 heterocycles. The summed E-state index contributed by atoms with van der Waals surface area (Å²) < 4.78 is 0. The lowest BCUT2D eigenvalue weighted by Gasteiger charge is -2.33. The molecule has 0 bridgehead atoms. The lowest BCUT2D eigenvalue weighted by atomic mass is 10.0. The highest BCUT2D eigenvalue weighted by Crippen LogP contribution is 2.17. The minimum atomic E-state index is -0.322. The maximum absolute atomic E-state index is 11.3. The van der Waals surface area contributed by atoms with Crippen molar-refractivity contribution in [3.8, 4) is 0 Å². The fourth-order valence-corrected chi connectivity index (χ4v) is 2.73. The lowest BCUT2D eigenvalue weighted by Crippen LogP contribution is -2.38. The van der Waals surface area contributed by atoms with Gasteiger partial charge in [0.25, 0.3) is 0 Å². The molecule has 1 aromatic rings. The predicted molar refractivity (Wildman–Crippen MR) is 73.5 cm³/mol. The molecule has 0 aromatic heterocycles. The molecule has 1 aliphatic heterocycles. The Morgan fingerprint density at radius 2 is 2.17 bits per heavy atom. The number of rotatable bonds is 4. The number of piperidine rings is 1. The van der Waals surface area contributed by atoms with Crippen LogP contribution in [0.5, 0.6) is 0 Å². The molecule has 1 aliphatic rings. The Hall–Kier alpha value is -1.35. The second-order valence-electron chi connectivity index (χ2n) is 5.15. The summed E-state index contributed by atoms with van der Waals surface area (Å²) in [6.45, 7) is 4.49. The molecule has 0 spiro atoms. The summed E-state index contributed by atoms with van der Waals surface area (Å²) in [5.41, 5.74) is 7.14. The summed E-state index contributed by atoms with van der Waals surface area (Å²) in [6, 6.07) is 8.33. The van der Waals surface area contributed by atoms with Gasteiger partial charge in [-0.15, -0.1) is 0 Å². The second kappa shape index (κ2) is 6.01. The monoisotopic (exact) mass is 246 g/mol. The van der Waals surface area contributed by atoms with E-state index < -0.39 is 0 Å². The predicted octanol–water partition coefficient (Wildman–Crippen LogP) is 2.20. The number of nitrogens with two attached hydrogens (primary N) is 1. The number of hydrogen-bond donors (Lipinski definition) is 1. The Kier molecular flexibility index (Phi) is 4.37. The summed E-state index contributed by atoms with van der Waals surface area (Å²) >= 11 is 0. The highest BCUT2D eigenvalue weighted by atomic mass is 16.1. The third-order valence-electron chi connectivity index (χ3n) is 3.89. The van der Waals surface area contributed by atoms with Gasteiger partial charge in [0, 0.05) is 18.2 Å². The van der Waals surface area contributed by atoms with E-state index in [4.69, 9.17) is 5.73 Å². The van der Waals surface area contributed by atoms with Crippen LogP contribution < -0.4 is 5.73 Å². The van der Waals surface area contributed by atoms with Gasteiger partial charge in [-0.1, -0.05) is 24.6 Å². The molecular weight excluding hydrogens is 224 g/mol. The standard InChI is InChI=1S/C15H22N2O/c1-12-6-4-5-10-17(12)11-9-13-7-2-3-8-14(13)15(16)18/h2-3,7-8,12H,4-6,9-11H2,1H3,(H2,16,18). The maximum atomic E-state index is 11.3. The number of primary amides is 1. The van der Waals surface area contributed by atoms with Crippen LogP contribution in [-0.2, 0) is 6.42 Å².